The predicted octanol–water partition coefficient (Wildman–Crippen LogP) is 4.86. The average molecular weight is 391 g/mol. The lowest BCUT2D eigenvalue weighted by Gasteiger charge is -2.48. The molecule has 4 atom stereocenters. The van der Waals surface area contributed by atoms with Gasteiger partial charge in [-0.1, -0.05) is 13.0 Å². The molecule has 152 valence electrons. The highest BCUT2D eigenvalue weighted by Crippen LogP contribution is 2.60. The van der Waals surface area contributed by atoms with E-state index in [1.54, 1.807) is 7.11 Å². The molecule has 0 N–H and O–H groups in total. The van der Waals surface area contributed by atoms with Gasteiger partial charge in [0.05, 0.1) is 12.8 Å². The molecule has 0 spiro atoms. The number of carbonyl (C=O) groups excluding carboxylic acids is 1. The molecule has 2 fully saturated rings. The van der Waals surface area contributed by atoms with Crippen molar-refractivity contribution in [3.8, 4) is 5.75 Å². The molecule has 5 rings (SSSR count). The van der Waals surface area contributed by atoms with Crippen LogP contribution in [-0.4, -0.2) is 22.7 Å². The number of nitrogens with zero attached hydrogens (tertiary/aromatic N) is 2. The number of hydrogen-bond acceptors (Lipinski definition) is 3. The minimum atomic E-state index is -0.201. The SMILES string of the molecule is COc1ccc2c(c1)CC[C@@H]1[C@@H]2CC[C@]2(C)C(=O)/C(=C/c3cn(C)nc3C)C[C@H]12. The summed E-state index contributed by atoms with van der Waals surface area (Å²) in [7, 11) is 3.67. The molecular formula is C25H30N2O2. The largest absolute Gasteiger partial charge is 0.497 e. The van der Waals surface area contributed by atoms with Gasteiger partial charge in [0.15, 0.2) is 5.78 Å². The summed E-state index contributed by atoms with van der Waals surface area (Å²) >= 11 is 0. The van der Waals surface area contributed by atoms with Crippen LogP contribution in [-0.2, 0) is 18.3 Å². The van der Waals surface area contributed by atoms with Crippen molar-refractivity contribution in [2.24, 2.45) is 24.3 Å². The molecule has 1 aromatic heterocycles. The van der Waals surface area contributed by atoms with E-state index in [0.717, 1.165) is 48.3 Å². The zero-order chi connectivity index (χ0) is 20.3. The van der Waals surface area contributed by atoms with Crippen molar-refractivity contribution < 1.29 is 9.53 Å². The molecule has 3 aliphatic rings. The van der Waals surface area contributed by atoms with Crippen LogP contribution in [0.25, 0.3) is 6.08 Å². The lowest BCUT2D eigenvalue weighted by molar-refractivity contribution is -0.127. The smallest absolute Gasteiger partial charge is 0.165 e. The molecule has 0 unspecified atom stereocenters. The van der Waals surface area contributed by atoms with Crippen LogP contribution in [0.5, 0.6) is 5.75 Å². The Morgan fingerprint density at radius 2 is 2.14 bits per heavy atom. The van der Waals surface area contributed by atoms with Gasteiger partial charge >= 0.3 is 0 Å². The number of allylic oxidation sites excluding steroid dienone is 1. The van der Waals surface area contributed by atoms with Gasteiger partial charge in [0.25, 0.3) is 0 Å². The Hall–Kier alpha value is -2.36. The van der Waals surface area contributed by atoms with Crippen molar-refractivity contribution in [2.45, 2.75) is 51.9 Å². The van der Waals surface area contributed by atoms with E-state index >= 15 is 0 Å². The maximum Gasteiger partial charge on any atom is 0.165 e. The zero-order valence-electron chi connectivity index (χ0n) is 17.9. The van der Waals surface area contributed by atoms with Crippen LogP contribution < -0.4 is 4.74 Å². The summed E-state index contributed by atoms with van der Waals surface area (Å²) in [4.78, 5) is 13.5. The molecule has 2 saturated carbocycles. The molecule has 1 aromatic carbocycles. The number of methoxy groups -OCH3 is 1. The van der Waals surface area contributed by atoms with Crippen LogP contribution in [0.4, 0.5) is 0 Å². The molecule has 2 aromatic rings. The summed E-state index contributed by atoms with van der Waals surface area (Å²) in [6.45, 7) is 4.25. The van der Waals surface area contributed by atoms with Crippen LogP contribution >= 0.6 is 0 Å². The predicted molar refractivity (Wildman–Crippen MR) is 114 cm³/mol. The Balaban J connectivity index is 1.48. The molecule has 0 saturated heterocycles. The quantitative estimate of drug-likeness (QED) is 0.688. The molecule has 3 aliphatic carbocycles. The normalized spacial score (nSPS) is 32.1. The zero-order valence-corrected chi connectivity index (χ0v) is 17.9. The first-order valence-corrected chi connectivity index (χ1v) is 10.8. The van der Waals surface area contributed by atoms with E-state index in [4.69, 9.17) is 4.74 Å². The molecule has 0 radical (unpaired) electrons. The number of Topliss-reactive ketones (excluding diaryl/α,β-unsaturated/α-hetero) is 1. The first-order valence-electron chi connectivity index (χ1n) is 10.8. The highest BCUT2D eigenvalue weighted by atomic mass is 16.5. The lowest BCUT2D eigenvalue weighted by atomic mass is 9.55. The summed E-state index contributed by atoms with van der Waals surface area (Å²) in [5, 5.41) is 4.44. The van der Waals surface area contributed by atoms with Gasteiger partial charge in [-0.25, -0.2) is 0 Å². The van der Waals surface area contributed by atoms with E-state index in [9.17, 15) is 4.79 Å². The van der Waals surface area contributed by atoms with E-state index in [2.05, 4.69) is 36.3 Å². The van der Waals surface area contributed by atoms with Crippen LogP contribution in [0.1, 0.15) is 60.9 Å². The number of hydrogen-bond donors (Lipinski definition) is 0. The molecule has 0 amide bonds. The minimum Gasteiger partial charge on any atom is -0.497 e. The number of carbonyl (C=O) groups is 1. The van der Waals surface area contributed by atoms with Crippen LogP contribution in [0.2, 0.25) is 0 Å². The third-order valence-corrected chi connectivity index (χ3v) is 7.95. The minimum absolute atomic E-state index is 0.201. The Labute approximate surface area is 173 Å². The maximum atomic E-state index is 13.5. The fourth-order valence-corrected chi connectivity index (χ4v) is 6.43. The van der Waals surface area contributed by atoms with E-state index in [1.807, 2.05) is 24.9 Å². The van der Waals surface area contributed by atoms with E-state index in [0.29, 0.717) is 23.5 Å². The van der Waals surface area contributed by atoms with Crippen molar-refractivity contribution in [1.82, 2.24) is 9.78 Å². The number of ether oxygens (including phenoxy) is 1. The summed E-state index contributed by atoms with van der Waals surface area (Å²) in [5.41, 5.74) is 5.82. The van der Waals surface area contributed by atoms with Crippen molar-refractivity contribution >= 4 is 11.9 Å². The van der Waals surface area contributed by atoms with Gasteiger partial charge in [-0.2, -0.15) is 5.10 Å². The number of fused-ring (bicyclic) bond motifs is 5. The van der Waals surface area contributed by atoms with Gasteiger partial charge in [-0.15, -0.1) is 0 Å². The third-order valence-electron chi connectivity index (χ3n) is 7.95. The van der Waals surface area contributed by atoms with Crippen molar-refractivity contribution in [2.75, 3.05) is 7.11 Å². The summed E-state index contributed by atoms with van der Waals surface area (Å²) in [5.74, 6) is 2.96. The monoisotopic (exact) mass is 390 g/mol. The van der Waals surface area contributed by atoms with Gasteiger partial charge in [-0.3, -0.25) is 9.48 Å². The van der Waals surface area contributed by atoms with Crippen LogP contribution in [0, 0.1) is 24.2 Å². The highest BCUT2D eigenvalue weighted by Gasteiger charge is 2.56. The molecular weight excluding hydrogens is 360 g/mol. The number of aryl methyl sites for hydroxylation is 3. The lowest BCUT2D eigenvalue weighted by Crippen LogP contribution is -2.42. The standard InChI is InChI=1S/C25H30N2O2/c1-15-18(14-27(3)26-15)11-17-13-23-22-7-5-16-12-19(29-4)6-8-20(16)21(22)9-10-25(23,2)24(17)28/h6,8,11-12,14,21-23H,5,7,9-10,13H2,1-4H3/b17-11+/t21-,22-,23-,25+/m1/s1. The van der Waals surface area contributed by atoms with Gasteiger partial charge in [0.1, 0.15) is 5.75 Å². The van der Waals surface area contributed by atoms with Gasteiger partial charge in [0, 0.05) is 24.2 Å². The Bertz CT molecular complexity index is 1020. The van der Waals surface area contributed by atoms with Crippen LogP contribution in [0.3, 0.4) is 0 Å². The molecule has 0 aliphatic heterocycles. The number of benzene rings is 1. The van der Waals surface area contributed by atoms with Crippen molar-refractivity contribution in [3.05, 3.63) is 52.4 Å². The fraction of sp³-hybridized carbons (Fsp3) is 0.520. The van der Waals surface area contributed by atoms with Gasteiger partial charge in [-0.05, 0) is 91.7 Å². The van der Waals surface area contributed by atoms with E-state index in [1.165, 1.54) is 17.5 Å². The summed E-state index contributed by atoms with van der Waals surface area (Å²) in [6.07, 6.45) is 9.43. The first-order chi connectivity index (χ1) is 13.9. The molecule has 29 heavy (non-hydrogen) atoms. The van der Waals surface area contributed by atoms with E-state index in [-0.39, 0.29) is 5.41 Å². The Kier molecular flexibility index (Phi) is 4.23. The highest BCUT2D eigenvalue weighted by molar-refractivity contribution is 6.06. The fourth-order valence-electron chi connectivity index (χ4n) is 6.43. The molecule has 4 nitrogen and oxygen atoms in total. The van der Waals surface area contributed by atoms with Crippen LogP contribution in [0.15, 0.2) is 30.0 Å². The summed E-state index contributed by atoms with van der Waals surface area (Å²) in [6, 6.07) is 6.60. The van der Waals surface area contributed by atoms with Gasteiger partial charge < -0.3 is 4.74 Å². The Morgan fingerprint density at radius 1 is 1.31 bits per heavy atom. The van der Waals surface area contributed by atoms with Crippen molar-refractivity contribution in [1.29, 1.82) is 0 Å². The number of rotatable bonds is 2. The van der Waals surface area contributed by atoms with Gasteiger partial charge in [0.2, 0.25) is 0 Å². The Morgan fingerprint density at radius 3 is 2.86 bits per heavy atom. The van der Waals surface area contributed by atoms with E-state index < -0.39 is 0 Å². The third kappa shape index (κ3) is 2.79. The summed E-state index contributed by atoms with van der Waals surface area (Å²) < 4.78 is 7.27. The maximum absolute atomic E-state index is 13.5. The molecule has 0 bridgehead atoms. The first kappa shape index (κ1) is 18.7. The van der Waals surface area contributed by atoms with Crippen molar-refractivity contribution in [3.63, 3.8) is 0 Å². The number of ketones is 1. The molecule has 4 heteroatoms. The second-order valence-electron chi connectivity index (χ2n) is 9.48. The number of aromatic nitrogens is 2. The second kappa shape index (κ2) is 6.58. The second-order valence-corrected chi connectivity index (χ2v) is 9.48. The topological polar surface area (TPSA) is 44.1 Å². The molecule has 1 heterocycles. The average Bonchev–Trinajstić information content (AvgIpc) is 3.17.